The van der Waals surface area contributed by atoms with Crippen molar-refractivity contribution in [1.82, 2.24) is 4.90 Å². The van der Waals surface area contributed by atoms with Crippen LogP contribution in [0.4, 0.5) is 0 Å². The average molecular weight is 317 g/mol. The number of rotatable bonds is 6. The summed E-state index contributed by atoms with van der Waals surface area (Å²) in [6.45, 7) is 7.95. The zero-order chi connectivity index (χ0) is 16.3. The predicted molar refractivity (Wildman–Crippen MR) is 89.4 cm³/mol. The Labute approximate surface area is 138 Å². The Bertz CT molecular complexity index is 534. The Morgan fingerprint density at radius 3 is 2.78 bits per heavy atom. The first-order valence-electron chi connectivity index (χ1n) is 8.68. The SMILES string of the molecule is CCOCCC1CCOC12CN(C(=O)Cc1ccc(C)cc1)C2. The minimum Gasteiger partial charge on any atom is -0.382 e. The van der Waals surface area contributed by atoms with Crippen LogP contribution >= 0.6 is 0 Å². The Hall–Kier alpha value is -1.39. The van der Waals surface area contributed by atoms with Crippen molar-refractivity contribution in [1.29, 1.82) is 0 Å². The average Bonchev–Trinajstić information content (AvgIpc) is 2.92. The van der Waals surface area contributed by atoms with Gasteiger partial charge in [0.15, 0.2) is 0 Å². The van der Waals surface area contributed by atoms with E-state index in [2.05, 4.69) is 19.1 Å². The van der Waals surface area contributed by atoms with Gasteiger partial charge in [0, 0.05) is 19.8 Å². The topological polar surface area (TPSA) is 38.8 Å². The van der Waals surface area contributed by atoms with Gasteiger partial charge in [0.25, 0.3) is 0 Å². The molecule has 3 rings (SSSR count). The highest BCUT2D eigenvalue weighted by Crippen LogP contribution is 2.41. The van der Waals surface area contributed by atoms with E-state index in [-0.39, 0.29) is 11.5 Å². The summed E-state index contributed by atoms with van der Waals surface area (Å²) in [6.07, 6.45) is 2.61. The molecule has 0 aliphatic carbocycles. The lowest BCUT2D eigenvalue weighted by Gasteiger charge is -2.50. The molecule has 2 aliphatic heterocycles. The maximum absolute atomic E-state index is 12.4. The number of ether oxygens (including phenoxy) is 2. The number of amides is 1. The van der Waals surface area contributed by atoms with Crippen LogP contribution in [0.15, 0.2) is 24.3 Å². The van der Waals surface area contributed by atoms with Gasteiger partial charge >= 0.3 is 0 Å². The molecule has 1 unspecified atom stereocenters. The molecule has 126 valence electrons. The van der Waals surface area contributed by atoms with Crippen molar-refractivity contribution in [2.75, 3.05) is 32.9 Å². The largest absolute Gasteiger partial charge is 0.382 e. The van der Waals surface area contributed by atoms with Crippen molar-refractivity contribution in [2.24, 2.45) is 5.92 Å². The van der Waals surface area contributed by atoms with Crippen molar-refractivity contribution in [3.05, 3.63) is 35.4 Å². The molecule has 0 radical (unpaired) electrons. The third-order valence-corrected chi connectivity index (χ3v) is 5.16. The molecule has 2 heterocycles. The molecule has 4 heteroatoms. The molecule has 0 bridgehead atoms. The fraction of sp³-hybridized carbons (Fsp3) is 0.632. The maximum atomic E-state index is 12.4. The van der Waals surface area contributed by atoms with E-state index in [1.54, 1.807) is 0 Å². The molecule has 1 aromatic carbocycles. The van der Waals surface area contributed by atoms with Gasteiger partial charge in [-0.25, -0.2) is 0 Å². The van der Waals surface area contributed by atoms with Crippen molar-refractivity contribution >= 4 is 5.91 Å². The maximum Gasteiger partial charge on any atom is 0.227 e. The highest BCUT2D eigenvalue weighted by atomic mass is 16.5. The number of likely N-dealkylation sites (tertiary alicyclic amines) is 1. The Balaban J connectivity index is 1.51. The summed E-state index contributed by atoms with van der Waals surface area (Å²) in [4.78, 5) is 14.4. The van der Waals surface area contributed by atoms with E-state index in [1.807, 2.05) is 24.0 Å². The Kier molecular flexibility index (Phi) is 5.02. The molecule has 2 saturated heterocycles. The number of nitrogens with zero attached hydrogens (tertiary/aromatic N) is 1. The van der Waals surface area contributed by atoms with E-state index in [4.69, 9.17) is 9.47 Å². The van der Waals surface area contributed by atoms with Crippen LogP contribution in [0.3, 0.4) is 0 Å². The van der Waals surface area contributed by atoms with Crippen LogP contribution < -0.4 is 0 Å². The molecule has 2 aliphatic rings. The third-order valence-electron chi connectivity index (χ3n) is 5.16. The van der Waals surface area contributed by atoms with Gasteiger partial charge in [0.1, 0.15) is 5.60 Å². The van der Waals surface area contributed by atoms with E-state index < -0.39 is 0 Å². The minimum atomic E-state index is -0.0972. The summed E-state index contributed by atoms with van der Waals surface area (Å²) in [5, 5.41) is 0. The summed E-state index contributed by atoms with van der Waals surface area (Å²) in [5.74, 6) is 0.732. The van der Waals surface area contributed by atoms with Gasteiger partial charge in [-0.05, 0) is 38.2 Å². The quantitative estimate of drug-likeness (QED) is 0.757. The van der Waals surface area contributed by atoms with Crippen molar-refractivity contribution in [3.63, 3.8) is 0 Å². The van der Waals surface area contributed by atoms with Crippen molar-refractivity contribution < 1.29 is 14.3 Å². The standard InChI is InChI=1S/C19H27NO3/c1-3-22-10-8-17-9-11-23-19(17)13-20(14-19)18(21)12-16-6-4-15(2)5-7-16/h4-7,17H,3,8-14H2,1-2H3. The first-order chi connectivity index (χ1) is 11.1. The van der Waals surface area contributed by atoms with Crippen LogP contribution in [0.2, 0.25) is 0 Å². The number of carbonyl (C=O) groups is 1. The van der Waals surface area contributed by atoms with Gasteiger partial charge in [-0.2, -0.15) is 0 Å². The van der Waals surface area contributed by atoms with Crippen LogP contribution in [0.5, 0.6) is 0 Å². The Morgan fingerprint density at radius 2 is 2.09 bits per heavy atom. The number of benzene rings is 1. The molecular formula is C19H27NO3. The Morgan fingerprint density at radius 1 is 1.35 bits per heavy atom. The van der Waals surface area contributed by atoms with Gasteiger partial charge < -0.3 is 14.4 Å². The van der Waals surface area contributed by atoms with Crippen molar-refractivity contribution in [2.45, 2.75) is 38.7 Å². The molecule has 4 nitrogen and oxygen atoms in total. The van der Waals surface area contributed by atoms with E-state index in [9.17, 15) is 4.79 Å². The summed E-state index contributed by atoms with van der Waals surface area (Å²) in [7, 11) is 0. The second kappa shape index (κ2) is 7.02. The molecule has 1 amide bonds. The van der Waals surface area contributed by atoms with Crippen LogP contribution in [-0.4, -0.2) is 49.3 Å². The summed E-state index contributed by atoms with van der Waals surface area (Å²) in [6, 6.07) is 8.20. The number of aryl methyl sites for hydroxylation is 1. The second-order valence-corrected chi connectivity index (χ2v) is 6.80. The van der Waals surface area contributed by atoms with Gasteiger partial charge in [-0.1, -0.05) is 29.8 Å². The van der Waals surface area contributed by atoms with E-state index in [0.29, 0.717) is 12.3 Å². The molecule has 1 spiro atoms. The van der Waals surface area contributed by atoms with Gasteiger partial charge in [0.05, 0.1) is 19.5 Å². The lowest BCUT2D eigenvalue weighted by atomic mass is 9.79. The molecule has 0 aromatic heterocycles. The zero-order valence-electron chi connectivity index (χ0n) is 14.2. The van der Waals surface area contributed by atoms with E-state index in [1.165, 1.54) is 5.56 Å². The molecule has 0 N–H and O–H groups in total. The highest BCUT2D eigenvalue weighted by Gasteiger charge is 2.53. The second-order valence-electron chi connectivity index (χ2n) is 6.80. The fourth-order valence-corrected chi connectivity index (χ4v) is 3.68. The third kappa shape index (κ3) is 3.59. The van der Waals surface area contributed by atoms with Crippen LogP contribution in [-0.2, 0) is 20.7 Å². The van der Waals surface area contributed by atoms with Gasteiger partial charge in [-0.15, -0.1) is 0 Å². The summed E-state index contributed by atoms with van der Waals surface area (Å²) >= 11 is 0. The van der Waals surface area contributed by atoms with Gasteiger partial charge in [0.2, 0.25) is 5.91 Å². The molecule has 1 aromatic rings. The lowest BCUT2D eigenvalue weighted by molar-refractivity contribution is -0.165. The van der Waals surface area contributed by atoms with Crippen LogP contribution in [0.1, 0.15) is 30.9 Å². The monoisotopic (exact) mass is 317 g/mol. The first kappa shape index (κ1) is 16.5. The van der Waals surface area contributed by atoms with Gasteiger partial charge in [-0.3, -0.25) is 4.79 Å². The zero-order valence-corrected chi connectivity index (χ0v) is 14.2. The highest BCUT2D eigenvalue weighted by molar-refractivity contribution is 5.80. The van der Waals surface area contributed by atoms with Crippen molar-refractivity contribution in [3.8, 4) is 0 Å². The lowest BCUT2D eigenvalue weighted by Crippen LogP contribution is -2.66. The molecule has 2 fully saturated rings. The first-order valence-corrected chi connectivity index (χ1v) is 8.68. The van der Waals surface area contributed by atoms with E-state index >= 15 is 0 Å². The molecule has 0 saturated carbocycles. The minimum absolute atomic E-state index is 0.0972. The fourth-order valence-electron chi connectivity index (χ4n) is 3.68. The summed E-state index contributed by atoms with van der Waals surface area (Å²) < 4.78 is 11.5. The van der Waals surface area contributed by atoms with E-state index in [0.717, 1.165) is 51.3 Å². The molecule has 23 heavy (non-hydrogen) atoms. The number of carbonyl (C=O) groups excluding carboxylic acids is 1. The smallest absolute Gasteiger partial charge is 0.227 e. The number of hydrogen-bond acceptors (Lipinski definition) is 3. The predicted octanol–water partition coefficient (Wildman–Crippen LogP) is 2.58. The summed E-state index contributed by atoms with van der Waals surface area (Å²) in [5.41, 5.74) is 2.21. The normalized spacial score (nSPS) is 22.3. The molecule has 1 atom stereocenters. The molecular weight excluding hydrogens is 290 g/mol. The van der Waals surface area contributed by atoms with Crippen LogP contribution in [0.25, 0.3) is 0 Å². The van der Waals surface area contributed by atoms with Crippen LogP contribution in [0, 0.1) is 12.8 Å². The number of hydrogen-bond donors (Lipinski definition) is 0.